The van der Waals surface area contributed by atoms with Crippen molar-refractivity contribution in [2.75, 3.05) is 4.90 Å². The van der Waals surface area contributed by atoms with Crippen LogP contribution in [0.3, 0.4) is 0 Å². The van der Waals surface area contributed by atoms with Crippen molar-refractivity contribution in [1.82, 2.24) is 0 Å². The molecule has 0 atom stereocenters. The SMILES string of the molecule is NC(=S)c1ccc(N2C(=O)CCCC2=O)c(F)c1. The number of benzene rings is 1. The van der Waals surface area contributed by atoms with Crippen LogP contribution in [0.2, 0.25) is 0 Å². The van der Waals surface area contributed by atoms with Gasteiger partial charge in [0.15, 0.2) is 0 Å². The van der Waals surface area contributed by atoms with Crippen molar-refractivity contribution in [3.05, 3.63) is 29.6 Å². The summed E-state index contributed by atoms with van der Waals surface area (Å²) in [5.74, 6) is -1.44. The van der Waals surface area contributed by atoms with Crippen molar-refractivity contribution in [3.63, 3.8) is 0 Å². The van der Waals surface area contributed by atoms with Crippen LogP contribution >= 0.6 is 12.2 Å². The number of anilines is 1. The highest BCUT2D eigenvalue weighted by Crippen LogP contribution is 2.25. The Balaban J connectivity index is 2.41. The van der Waals surface area contributed by atoms with Gasteiger partial charge in [0, 0.05) is 18.4 Å². The van der Waals surface area contributed by atoms with E-state index < -0.39 is 5.82 Å². The van der Waals surface area contributed by atoms with Gasteiger partial charge in [-0.1, -0.05) is 12.2 Å². The average molecular weight is 266 g/mol. The van der Waals surface area contributed by atoms with Gasteiger partial charge in [-0.2, -0.15) is 0 Å². The Labute approximate surface area is 109 Å². The molecule has 1 heterocycles. The second kappa shape index (κ2) is 4.81. The number of rotatable bonds is 2. The molecule has 2 rings (SSSR count). The quantitative estimate of drug-likeness (QED) is 0.651. The second-order valence-corrected chi connectivity index (χ2v) is 4.45. The van der Waals surface area contributed by atoms with Gasteiger partial charge in [0.25, 0.3) is 0 Å². The number of carbonyl (C=O) groups is 2. The van der Waals surface area contributed by atoms with Crippen LogP contribution in [0.5, 0.6) is 0 Å². The summed E-state index contributed by atoms with van der Waals surface area (Å²) in [6, 6.07) is 3.98. The zero-order valence-corrected chi connectivity index (χ0v) is 10.3. The number of carbonyl (C=O) groups excluding carboxylic acids is 2. The molecule has 1 aliphatic rings. The Bertz CT molecular complexity index is 529. The van der Waals surface area contributed by atoms with E-state index in [1.807, 2.05) is 0 Å². The minimum Gasteiger partial charge on any atom is -0.389 e. The molecule has 4 nitrogen and oxygen atoms in total. The van der Waals surface area contributed by atoms with E-state index >= 15 is 0 Å². The predicted molar refractivity (Wildman–Crippen MR) is 68.6 cm³/mol. The van der Waals surface area contributed by atoms with Crippen molar-refractivity contribution < 1.29 is 14.0 Å². The molecule has 0 saturated carbocycles. The van der Waals surface area contributed by atoms with E-state index in [9.17, 15) is 14.0 Å². The van der Waals surface area contributed by atoms with Crippen molar-refractivity contribution >= 4 is 34.7 Å². The Kier molecular flexibility index (Phi) is 3.38. The first-order chi connectivity index (χ1) is 8.50. The number of nitrogens with zero attached hydrogens (tertiary/aromatic N) is 1. The van der Waals surface area contributed by atoms with Gasteiger partial charge in [-0.05, 0) is 24.6 Å². The van der Waals surface area contributed by atoms with E-state index in [1.165, 1.54) is 12.1 Å². The maximum atomic E-state index is 13.9. The van der Waals surface area contributed by atoms with Gasteiger partial charge in [0.1, 0.15) is 10.8 Å². The van der Waals surface area contributed by atoms with Gasteiger partial charge < -0.3 is 5.73 Å². The molecule has 0 radical (unpaired) electrons. The smallest absolute Gasteiger partial charge is 0.233 e. The minimum absolute atomic E-state index is 0.0373. The molecule has 0 aliphatic carbocycles. The maximum absolute atomic E-state index is 13.9. The van der Waals surface area contributed by atoms with Crippen LogP contribution in [0.25, 0.3) is 0 Å². The summed E-state index contributed by atoms with van der Waals surface area (Å²) in [6.45, 7) is 0. The molecule has 94 valence electrons. The lowest BCUT2D eigenvalue weighted by atomic mass is 10.1. The number of piperidine rings is 1. The molecule has 2 N–H and O–H groups in total. The fourth-order valence-electron chi connectivity index (χ4n) is 1.86. The molecule has 0 bridgehead atoms. The van der Waals surface area contributed by atoms with E-state index in [4.69, 9.17) is 18.0 Å². The third kappa shape index (κ3) is 2.24. The normalized spacial score (nSPS) is 15.9. The minimum atomic E-state index is -0.677. The Morgan fingerprint density at radius 1 is 1.28 bits per heavy atom. The third-order valence-corrected chi connectivity index (χ3v) is 2.99. The van der Waals surface area contributed by atoms with Gasteiger partial charge in [0.2, 0.25) is 11.8 Å². The van der Waals surface area contributed by atoms with Crippen molar-refractivity contribution in [2.24, 2.45) is 5.73 Å². The summed E-state index contributed by atoms with van der Waals surface area (Å²) in [7, 11) is 0. The monoisotopic (exact) mass is 266 g/mol. The summed E-state index contributed by atoms with van der Waals surface area (Å²) in [6.07, 6.45) is 1.02. The second-order valence-electron chi connectivity index (χ2n) is 4.01. The standard InChI is InChI=1S/C12H11FN2O2S/c13-8-6-7(12(14)18)4-5-9(8)15-10(16)2-1-3-11(15)17/h4-6H,1-3H2,(H2,14,18). The highest BCUT2D eigenvalue weighted by Gasteiger charge is 2.29. The number of thiocarbonyl (C=S) groups is 1. The van der Waals surface area contributed by atoms with Crippen molar-refractivity contribution in [2.45, 2.75) is 19.3 Å². The highest BCUT2D eigenvalue weighted by atomic mass is 32.1. The first kappa shape index (κ1) is 12.6. The van der Waals surface area contributed by atoms with Crippen LogP contribution < -0.4 is 10.6 Å². The molecule has 1 aromatic carbocycles. The predicted octanol–water partition coefficient (Wildman–Crippen LogP) is 1.50. The molecule has 1 fully saturated rings. The number of halogens is 1. The first-order valence-electron chi connectivity index (χ1n) is 5.46. The topological polar surface area (TPSA) is 63.4 Å². The number of nitrogens with two attached hydrogens (primary N) is 1. The fourth-order valence-corrected chi connectivity index (χ4v) is 1.99. The Morgan fingerprint density at radius 2 is 1.89 bits per heavy atom. The van der Waals surface area contributed by atoms with Crippen LogP contribution in [0, 0.1) is 5.82 Å². The lowest BCUT2D eigenvalue weighted by Crippen LogP contribution is -2.40. The van der Waals surface area contributed by atoms with Crippen molar-refractivity contribution in [1.29, 1.82) is 0 Å². The van der Waals surface area contributed by atoms with E-state index in [0.717, 1.165) is 11.0 Å². The molecule has 2 amide bonds. The molecule has 1 aromatic rings. The lowest BCUT2D eigenvalue weighted by Gasteiger charge is -2.25. The summed E-state index contributed by atoms with van der Waals surface area (Å²) in [5.41, 5.74) is 5.71. The van der Waals surface area contributed by atoms with E-state index in [-0.39, 0.29) is 35.3 Å². The molecule has 0 spiro atoms. The number of imide groups is 1. The molecule has 1 aliphatic heterocycles. The summed E-state index contributed by atoms with van der Waals surface area (Å²) < 4.78 is 13.9. The molecule has 0 unspecified atom stereocenters. The maximum Gasteiger partial charge on any atom is 0.233 e. The summed E-state index contributed by atoms with van der Waals surface area (Å²) >= 11 is 4.73. The average Bonchev–Trinajstić information content (AvgIpc) is 2.30. The van der Waals surface area contributed by atoms with Gasteiger partial charge in [0.05, 0.1) is 5.69 Å². The molecule has 6 heteroatoms. The van der Waals surface area contributed by atoms with E-state index in [1.54, 1.807) is 0 Å². The fraction of sp³-hybridized carbons (Fsp3) is 0.250. The van der Waals surface area contributed by atoms with Gasteiger partial charge in [-0.25, -0.2) is 9.29 Å². The molecule has 1 saturated heterocycles. The van der Waals surface area contributed by atoms with E-state index in [0.29, 0.717) is 12.0 Å². The van der Waals surface area contributed by atoms with E-state index in [2.05, 4.69) is 0 Å². The number of amides is 2. The molecular weight excluding hydrogens is 255 g/mol. The van der Waals surface area contributed by atoms with Crippen LogP contribution in [0.15, 0.2) is 18.2 Å². The van der Waals surface area contributed by atoms with Crippen LogP contribution in [-0.4, -0.2) is 16.8 Å². The summed E-state index contributed by atoms with van der Waals surface area (Å²) in [4.78, 5) is 24.3. The Morgan fingerprint density at radius 3 is 2.39 bits per heavy atom. The molecule has 0 aromatic heterocycles. The number of hydrogen-bond acceptors (Lipinski definition) is 3. The molecular formula is C12H11FN2O2S. The highest BCUT2D eigenvalue weighted by molar-refractivity contribution is 7.80. The van der Waals surface area contributed by atoms with Gasteiger partial charge in [-0.3, -0.25) is 9.59 Å². The van der Waals surface area contributed by atoms with Gasteiger partial charge in [-0.15, -0.1) is 0 Å². The lowest BCUT2D eigenvalue weighted by molar-refractivity contribution is -0.129. The van der Waals surface area contributed by atoms with Crippen LogP contribution in [0.4, 0.5) is 10.1 Å². The van der Waals surface area contributed by atoms with Crippen LogP contribution in [-0.2, 0) is 9.59 Å². The zero-order chi connectivity index (χ0) is 13.3. The first-order valence-corrected chi connectivity index (χ1v) is 5.86. The van der Waals surface area contributed by atoms with Crippen molar-refractivity contribution in [3.8, 4) is 0 Å². The zero-order valence-electron chi connectivity index (χ0n) is 9.48. The van der Waals surface area contributed by atoms with Crippen LogP contribution in [0.1, 0.15) is 24.8 Å². The van der Waals surface area contributed by atoms with Gasteiger partial charge >= 0.3 is 0 Å². The number of hydrogen-bond donors (Lipinski definition) is 1. The summed E-state index contributed by atoms with van der Waals surface area (Å²) in [5, 5.41) is 0. The Hall–Kier alpha value is -1.82. The third-order valence-electron chi connectivity index (χ3n) is 2.75. The largest absolute Gasteiger partial charge is 0.389 e. The molecule has 18 heavy (non-hydrogen) atoms.